The number of anilines is 4. The zero-order valence-electron chi connectivity index (χ0n) is 26.6. The van der Waals surface area contributed by atoms with Crippen LogP contribution >= 0.6 is 11.3 Å². The normalized spacial score (nSPS) is 17.8. The lowest BCUT2D eigenvalue weighted by atomic mass is 9.82. The van der Waals surface area contributed by atoms with Gasteiger partial charge in [0.25, 0.3) is 0 Å². The van der Waals surface area contributed by atoms with Crippen molar-refractivity contribution in [2.75, 3.05) is 9.80 Å². The van der Waals surface area contributed by atoms with Gasteiger partial charge in [-0.1, -0.05) is 105 Å². The van der Waals surface area contributed by atoms with Crippen LogP contribution < -0.4 is 9.80 Å². The van der Waals surface area contributed by atoms with E-state index in [4.69, 9.17) is 0 Å². The van der Waals surface area contributed by atoms with Crippen molar-refractivity contribution in [2.45, 2.75) is 25.7 Å². The van der Waals surface area contributed by atoms with Gasteiger partial charge in [0.05, 0.1) is 11.4 Å². The number of thiophene rings is 1. The molecule has 0 N–H and O–H groups in total. The summed E-state index contributed by atoms with van der Waals surface area (Å²) in [5, 5.41) is 2.58. The maximum absolute atomic E-state index is 4.43. The molecule has 0 radical (unpaired) electrons. The molecule has 0 fully saturated rings. The van der Waals surface area contributed by atoms with Crippen LogP contribution in [0.1, 0.15) is 31.4 Å². The Morgan fingerprint density at radius 3 is 2.34 bits per heavy atom. The third-order valence-electron chi connectivity index (χ3n) is 10.0. The molecule has 0 atom stereocenters. The topological polar surface area (TPSA) is 6.48 Å². The third kappa shape index (κ3) is 4.38. The summed E-state index contributed by atoms with van der Waals surface area (Å²) >= 11 is 1.86. The molecular weight excluding hydrogens is 589 g/mol. The zero-order valence-corrected chi connectivity index (χ0v) is 27.4. The Kier molecular flexibility index (Phi) is 6.28. The number of allylic oxidation sites excluding steroid dienone is 7. The highest BCUT2D eigenvalue weighted by molar-refractivity contribution is 7.25. The Morgan fingerprint density at radius 1 is 0.660 bits per heavy atom. The molecule has 0 saturated heterocycles. The highest BCUT2D eigenvalue weighted by Gasteiger charge is 2.36. The second kappa shape index (κ2) is 10.6. The lowest BCUT2D eigenvalue weighted by molar-refractivity contribution is 0.660. The first-order chi connectivity index (χ1) is 23.0. The molecule has 3 aliphatic rings. The molecule has 2 bridgehead atoms. The maximum atomic E-state index is 4.43. The van der Waals surface area contributed by atoms with Gasteiger partial charge in [-0.05, 0) is 88.0 Å². The van der Waals surface area contributed by atoms with Crippen LogP contribution in [0, 0.1) is 0 Å². The van der Waals surface area contributed by atoms with E-state index in [1.54, 1.807) is 0 Å². The summed E-state index contributed by atoms with van der Waals surface area (Å²) in [5.41, 5.74) is 13.4. The largest absolute Gasteiger partial charge is 0.315 e. The Hall–Kier alpha value is -5.38. The minimum Gasteiger partial charge on any atom is -0.315 e. The van der Waals surface area contributed by atoms with E-state index in [-0.39, 0.29) is 5.41 Å². The van der Waals surface area contributed by atoms with Crippen LogP contribution in [0.4, 0.5) is 22.7 Å². The second-order valence-electron chi connectivity index (χ2n) is 13.1. The average Bonchev–Trinajstić information content (AvgIpc) is 3.78. The standard InChI is InChI=1S/C44H34N2S/c1-29-13-11-12-24-45(32-22-23-35-34-16-7-9-18-38(34)44(2,3)39(35)26-32)40-28-43-37(36-17-8-10-19-42(36)47-43)27-41(40)46(31-14-5-4-6-15-31)33-21-20-30(29)25-33/h4-24,26-28H,1,25H2,2-3H3/b13-11-,24-12-. The van der Waals surface area contributed by atoms with Crippen molar-refractivity contribution < 1.29 is 0 Å². The minimum atomic E-state index is -0.0964. The SMILES string of the molecule is C=C1/C=C\C=C/N(c2ccc3c(c2)C(C)(C)c2ccccc2-3)c2cc3sc4ccccc4c3cc2N(c2ccccc2)C2=CC=C1C2. The zero-order chi connectivity index (χ0) is 31.7. The quantitative estimate of drug-likeness (QED) is 0.190. The van der Waals surface area contributed by atoms with Crippen LogP contribution in [0.2, 0.25) is 0 Å². The monoisotopic (exact) mass is 622 g/mol. The maximum Gasteiger partial charge on any atom is 0.0711 e. The van der Waals surface area contributed by atoms with E-state index in [2.05, 4.69) is 176 Å². The van der Waals surface area contributed by atoms with E-state index in [1.807, 2.05) is 11.3 Å². The first kappa shape index (κ1) is 27.9. The number of fused-ring (bicyclic) bond motifs is 9. The van der Waals surface area contributed by atoms with E-state index in [0.717, 1.165) is 34.7 Å². The Labute approximate surface area is 280 Å². The van der Waals surface area contributed by atoms with Crippen molar-refractivity contribution in [1.82, 2.24) is 0 Å². The fourth-order valence-electron chi connectivity index (χ4n) is 7.60. The van der Waals surface area contributed by atoms with Crippen LogP contribution in [0.5, 0.6) is 0 Å². The predicted octanol–water partition coefficient (Wildman–Crippen LogP) is 12.5. The molecule has 0 unspecified atom stereocenters. The van der Waals surface area contributed by atoms with Gasteiger partial charge in [0.15, 0.2) is 0 Å². The molecule has 1 aromatic heterocycles. The number of para-hydroxylation sites is 1. The summed E-state index contributed by atoms with van der Waals surface area (Å²) in [5.74, 6) is 0. The number of benzene rings is 5. The molecule has 9 rings (SSSR count). The van der Waals surface area contributed by atoms with Crippen LogP contribution in [0.15, 0.2) is 169 Å². The number of rotatable bonds is 2. The molecule has 6 aromatic rings. The van der Waals surface area contributed by atoms with E-state index >= 15 is 0 Å². The van der Waals surface area contributed by atoms with Crippen LogP contribution in [0.25, 0.3) is 31.3 Å². The Balaban J connectivity index is 1.33. The molecule has 2 nitrogen and oxygen atoms in total. The molecule has 0 amide bonds. The molecule has 0 saturated carbocycles. The molecule has 1 aliphatic heterocycles. The molecule has 3 heteroatoms. The number of hydrogen-bond acceptors (Lipinski definition) is 3. The van der Waals surface area contributed by atoms with Crippen molar-refractivity contribution in [3.05, 3.63) is 180 Å². The highest BCUT2D eigenvalue weighted by Crippen LogP contribution is 2.52. The fourth-order valence-corrected chi connectivity index (χ4v) is 8.72. The molecule has 47 heavy (non-hydrogen) atoms. The molecule has 5 aromatic carbocycles. The van der Waals surface area contributed by atoms with Gasteiger partial charge in [0.1, 0.15) is 0 Å². The van der Waals surface area contributed by atoms with Gasteiger partial charge in [-0.3, -0.25) is 0 Å². The van der Waals surface area contributed by atoms with Crippen LogP contribution in [-0.4, -0.2) is 0 Å². The van der Waals surface area contributed by atoms with Gasteiger partial charge >= 0.3 is 0 Å². The fraction of sp³-hybridized carbons (Fsp3) is 0.0909. The lowest BCUT2D eigenvalue weighted by Crippen LogP contribution is -2.20. The lowest BCUT2D eigenvalue weighted by Gasteiger charge is -2.33. The summed E-state index contributed by atoms with van der Waals surface area (Å²) in [6.45, 7) is 9.13. The van der Waals surface area contributed by atoms with Gasteiger partial charge in [-0.15, -0.1) is 11.3 Å². The van der Waals surface area contributed by atoms with Gasteiger partial charge in [-0.2, -0.15) is 0 Å². The minimum absolute atomic E-state index is 0.0964. The van der Waals surface area contributed by atoms with Gasteiger partial charge in [-0.25, -0.2) is 0 Å². The Morgan fingerprint density at radius 2 is 1.45 bits per heavy atom. The first-order valence-electron chi connectivity index (χ1n) is 16.3. The van der Waals surface area contributed by atoms with E-state index in [1.165, 1.54) is 53.7 Å². The third-order valence-corrected chi connectivity index (χ3v) is 11.2. The van der Waals surface area contributed by atoms with Crippen LogP contribution in [0.3, 0.4) is 0 Å². The van der Waals surface area contributed by atoms with Crippen LogP contribution in [-0.2, 0) is 5.41 Å². The molecule has 2 heterocycles. The Bertz CT molecular complexity index is 2380. The molecular formula is C44H34N2S. The predicted molar refractivity (Wildman–Crippen MR) is 202 cm³/mol. The summed E-state index contributed by atoms with van der Waals surface area (Å²) in [7, 11) is 0. The van der Waals surface area contributed by atoms with E-state index in [9.17, 15) is 0 Å². The van der Waals surface area contributed by atoms with Crippen molar-refractivity contribution in [3.8, 4) is 11.1 Å². The van der Waals surface area contributed by atoms with E-state index < -0.39 is 0 Å². The summed E-state index contributed by atoms with van der Waals surface area (Å²) in [4.78, 5) is 4.84. The van der Waals surface area contributed by atoms with Gasteiger partial charge < -0.3 is 9.80 Å². The van der Waals surface area contributed by atoms with Crippen molar-refractivity contribution in [1.29, 1.82) is 0 Å². The summed E-state index contributed by atoms with van der Waals surface area (Å²) in [6, 6.07) is 40.3. The van der Waals surface area contributed by atoms with Crippen molar-refractivity contribution in [2.24, 2.45) is 0 Å². The molecule has 0 spiro atoms. The van der Waals surface area contributed by atoms with Gasteiger partial charge in [0.2, 0.25) is 0 Å². The number of nitrogens with zero attached hydrogens (tertiary/aromatic N) is 2. The molecule has 226 valence electrons. The second-order valence-corrected chi connectivity index (χ2v) is 14.2. The highest BCUT2D eigenvalue weighted by atomic mass is 32.1. The van der Waals surface area contributed by atoms with Gasteiger partial charge in [0, 0.05) is 55.3 Å². The van der Waals surface area contributed by atoms with E-state index in [0.29, 0.717) is 0 Å². The first-order valence-corrected chi connectivity index (χ1v) is 17.1. The summed E-state index contributed by atoms with van der Waals surface area (Å²) < 4.78 is 2.58. The smallest absolute Gasteiger partial charge is 0.0711 e. The van der Waals surface area contributed by atoms with Crippen molar-refractivity contribution in [3.63, 3.8) is 0 Å². The number of hydrogen-bond donors (Lipinski definition) is 0. The summed E-state index contributed by atoms with van der Waals surface area (Å²) in [6.07, 6.45) is 13.9. The van der Waals surface area contributed by atoms with Crippen molar-refractivity contribution >= 4 is 54.3 Å². The molecule has 2 aliphatic carbocycles. The average molecular weight is 623 g/mol.